The van der Waals surface area contributed by atoms with Gasteiger partial charge in [-0.05, 0) is 11.1 Å². The number of β-lactam (4-membered cyclic amide) rings is 1. The van der Waals surface area contributed by atoms with Crippen LogP contribution in [0.2, 0.25) is 0 Å². The van der Waals surface area contributed by atoms with Crippen LogP contribution in [-0.2, 0) is 22.6 Å². The van der Waals surface area contributed by atoms with Gasteiger partial charge in [-0.3, -0.25) is 9.59 Å². The number of urea groups is 1. The summed E-state index contributed by atoms with van der Waals surface area (Å²) in [7, 11) is 0. The zero-order chi connectivity index (χ0) is 14.5. The second kappa shape index (κ2) is 8.02. The average molecular weight is 300 g/mol. The molecule has 1 aromatic rings. The third kappa shape index (κ3) is 5.04. The molecule has 0 radical (unpaired) electrons. The number of nitrogens with one attached hydrogen (secondary N) is 3. The Balaban J connectivity index is 0.00000220. The molecule has 2 rings (SSSR count). The number of hydrogen-bond donors (Lipinski definition) is 4. The minimum atomic E-state index is -0.615. The van der Waals surface area contributed by atoms with E-state index in [4.69, 9.17) is 5.73 Å². The Kier molecular flexibility index (Phi) is 6.67. The Bertz CT molecular complexity index is 556. The number of amides is 4. The fourth-order valence-corrected chi connectivity index (χ4v) is 1.91. The Morgan fingerprint density at radius 1 is 1.33 bits per heavy atom. The van der Waals surface area contributed by atoms with Crippen LogP contribution in [0.25, 0.3) is 0 Å². The van der Waals surface area contributed by atoms with Gasteiger partial charge in [0.15, 0.2) is 0 Å². The van der Waals surface area contributed by atoms with Crippen LogP contribution in [0.1, 0.15) is 12.6 Å². The van der Waals surface area contributed by atoms with Gasteiger partial charge < -0.3 is 23.1 Å². The Hall–Kier alpha value is -1.57. The van der Waals surface area contributed by atoms with Gasteiger partial charge >= 0.3 is 35.6 Å². The van der Waals surface area contributed by atoms with Gasteiger partial charge in [-0.15, -0.1) is 0 Å². The van der Waals surface area contributed by atoms with E-state index in [2.05, 4.69) is 16.0 Å². The number of carbonyl (C=O) groups is 3. The normalized spacial score (nSPS) is 16.0. The van der Waals surface area contributed by atoms with Crippen LogP contribution in [0, 0.1) is 0 Å². The van der Waals surface area contributed by atoms with Crippen molar-refractivity contribution in [1.82, 2.24) is 16.0 Å². The number of nitrogens with two attached hydrogens (primary N) is 1. The van der Waals surface area contributed by atoms with Crippen LogP contribution in [0.5, 0.6) is 0 Å². The molecule has 1 fully saturated rings. The number of benzene rings is 1. The standard InChI is InChI=1S/C13H16N4O3.Na.H/c14-13(20)16-6-9-4-2-1-3-8(9)5-11(18)17-10-7-15-12(10)19;;/h1-4,10H,5-7H2,(H,15,19)(H,17,18)(H3,14,16,20);;/q;+1;-1. The second-order valence-corrected chi connectivity index (χ2v) is 4.53. The summed E-state index contributed by atoms with van der Waals surface area (Å²) >= 11 is 0. The molecule has 0 aliphatic carbocycles. The SMILES string of the molecule is NC(=O)NCc1ccccc1CC(=O)NC1CNC1=O.[H-].[Na+]. The monoisotopic (exact) mass is 300 g/mol. The van der Waals surface area contributed by atoms with Crippen molar-refractivity contribution in [3.63, 3.8) is 0 Å². The summed E-state index contributed by atoms with van der Waals surface area (Å²) in [5, 5.41) is 7.69. The molecule has 1 aromatic carbocycles. The molecular formula is C13H17N4NaO3. The first-order valence-corrected chi connectivity index (χ1v) is 6.23. The summed E-state index contributed by atoms with van der Waals surface area (Å²) in [6, 6.07) is 6.20. The predicted molar refractivity (Wildman–Crippen MR) is 72.6 cm³/mol. The fourth-order valence-electron chi connectivity index (χ4n) is 1.91. The molecule has 1 atom stereocenters. The van der Waals surface area contributed by atoms with E-state index in [1.807, 2.05) is 18.2 Å². The molecule has 0 aromatic heterocycles. The van der Waals surface area contributed by atoms with E-state index >= 15 is 0 Å². The van der Waals surface area contributed by atoms with E-state index < -0.39 is 12.1 Å². The first kappa shape index (κ1) is 17.5. The van der Waals surface area contributed by atoms with Crippen molar-refractivity contribution in [1.29, 1.82) is 0 Å². The molecular weight excluding hydrogens is 283 g/mol. The quantitative estimate of drug-likeness (QED) is 0.329. The van der Waals surface area contributed by atoms with Gasteiger partial charge in [-0.25, -0.2) is 4.79 Å². The Morgan fingerprint density at radius 3 is 2.52 bits per heavy atom. The van der Waals surface area contributed by atoms with Crippen LogP contribution in [0.15, 0.2) is 24.3 Å². The van der Waals surface area contributed by atoms with E-state index in [0.717, 1.165) is 11.1 Å². The first-order chi connectivity index (χ1) is 9.56. The van der Waals surface area contributed by atoms with Crippen LogP contribution in [0.3, 0.4) is 0 Å². The molecule has 0 bridgehead atoms. The number of rotatable bonds is 5. The third-order valence-electron chi connectivity index (χ3n) is 3.05. The largest absolute Gasteiger partial charge is 1.00 e. The van der Waals surface area contributed by atoms with E-state index in [1.165, 1.54) is 0 Å². The maximum absolute atomic E-state index is 11.8. The third-order valence-corrected chi connectivity index (χ3v) is 3.05. The van der Waals surface area contributed by atoms with Crippen molar-refractivity contribution < 1.29 is 45.4 Å². The fraction of sp³-hybridized carbons (Fsp3) is 0.308. The van der Waals surface area contributed by atoms with Gasteiger partial charge in [0.2, 0.25) is 11.8 Å². The maximum Gasteiger partial charge on any atom is 1.00 e. The molecule has 8 heteroatoms. The molecule has 0 spiro atoms. The Labute approximate surface area is 145 Å². The second-order valence-electron chi connectivity index (χ2n) is 4.53. The molecule has 4 amide bonds. The molecule has 21 heavy (non-hydrogen) atoms. The summed E-state index contributed by atoms with van der Waals surface area (Å²) in [5.74, 6) is -0.390. The average Bonchev–Trinajstić information content (AvgIpc) is 2.42. The number of hydrogen-bond acceptors (Lipinski definition) is 3. The minimum Gasteiger partial charge on any atom is -1.00 e. The van der Waals surface area contributed by atoms with Gasteiger partial charge in [-0.2, -0.15) is 0 Å². The molecule has 5 N–H and O–H groups in total. The number of primary amides is 1. The van der Waals surface area contributed by atoms with Crippen LogP contribution >= 0.6 is 0 Å². The molecule has 7 nitrogen and oxygen atoms in total. The van der Waals surface area contributed by atoms with Gasteiger partial charge in [0.1, 0.15) is 6.04 Å². The van der Waals surface area contributed by atoms with E-state index in [0.29, 0.717) is 6.54 Å². The predicted octanol–water partition coefficient (Wildman–Crippen LogP) is -3.87. The molecule has 0 saturated carbocycles. The minimum absolute atomic E-state index is 0. The molecule has 1 aliphatic rings. The van der Waals surface area contributed by atoms with Crippen molar-refractivity contribution in [2.24, 2.45) is 5.73 Å². The summed E-state index contributed by atoms with van der Waals surface area (Å²) in [6.45, 7) is 0.734. The van der Waals surface area contributed by atoms with E-state index in [9.17, 15) is 14.4 Å². The van der Waals surface area contributed by atoms with Gasteiger partial charge in [0, 0.05) is 13.1 Å². The summed E-state index contributed by atoms with van der Waals surface area (Å²) in [4.78, 5) is 33.6. The van der Waals surface area contributed by atoms with Crippen molar-refractivity contribution in [3.8, 4) is 0 Å². The molecule has 1 aliphatic heterocycles. The zero-order valence-electron chi connectivity index (χ0n) is 12.8. The van der Waals surface area contributed by atoms with Gasteiger partial charge in [0.25, 0.3) is 0 Å². The zero-order valence-corrected chi connectivity index (χ0v) is 13.8. The molecule has 1 saturated heterocycles. The molecule has 108 valence electrons. The molecule has 1 unspecified atom stereocenters. The van der Waals surface area contributed by atoms with Crippen molar-refractivity contribution in [3.05, 3.63) is 35.4 Å². The summed E-state index contributed by atoms with van der Waals surface area (Å²) in [6.07, 6.45) is 0.153. The Morgan fingerprint density at radius 2 is 2.00 bits per heavy atom. The summed E-state index contributed by atoms with van der Waals surface area (Å²) < 4.78 is 0. The topological polar surface area (TPSA) is 113 Å². The maximum atomic E-state index is 11.8. The van der Waals surface area contributed by atoms with E-state index in [-0.39, 0.29) is 55.8 Å². The first-order valence-electron chi connectivity index (χ1n) is 6.23. The van der Waals surface area contributed by atoms with Crippen molar-refractivity contribution >= 4 is 17.8 Å². The van der Waals surface area contributed by atoms with Crippen molar-refractivity contribution in [2.75, 3.05) is 6.54 Å². The van der Waals surface area contributed by atoms with E-state index in [1.54, 1.807) is 6.07 Å². The van der Waals surface area contributed by atoms with Crippen LogP contribution in [-0.4, -0.2) is 30.4 Å². The smallest absolute Gasteiger partial charge is 1.00 e. The summed E-state index contributed by atoms with van der Waals surface area (Å²) in [5.41, 5.74) is 6.63. The molecule has 1 heterocycles. The van der Waals surface area contributed by atoms with Crippen LogP contribution < -0.4 is 51.2 Å². The van der Waals surface area contributed by atoms with Gasteiger partial charge in [0.05, 0.1) is 6.42 Å². The number of carbonyl (C=O) groups excluding carboxylic acids is 3. The van der Waals surface area contributed by atoms with Gasteiger partial charge in [-0.1, -0.05) is 24.3 Å². The van der Waals surface area contributed by atoms with Crippen molar-refractivity contribution in [2.45, 2.75) is 19.0 Å². The van der Waals surface area contributed by atoms with Crippen LogP contribution in [0.4, 0.5) is 4.79 Å².